The van der Waals surface area contributed by atoms with E-state index in [0.29, 0.717) is 12.0 Å². The zero-order chi connectivity index (χ0) is 14.9. The van der Waals surface area contributed by atoms with Crippen molar-refractivity contribution in [2.45, 2.75) is 12.0 Å². The molecule has 0 radical (unpaired) electrons. The zero-order valence-electron chi connectivity index (χ0n) is 13.0. The summed E-state index contributed by atoms with van der Waals surface area (Å²) in [4.78, 5) is 2.65. The van der Waals surface area contributed by atoms with Crippen molar-refractivity contribution in [1.82, 2.24) is 10.2 Å². The fraction of sp³-hybridized carbons (Fsp3) is 0.368. The van der Waals surface area contributed by atoms with Crippen molar-refractivity contribution in [1.29, 1.82) is 0 Å². The number of rotatable bonds is 2. The van der Waals surface area contributed by atoms with Crippen LogP contribution in [0.1, 0.15) is 28.7 Å². The number of nitrogens with zero attached hydrogens (tertiary/aromatic N) is 1. The predicted octanol–water partition coefficient (Wildman–Crippen LogP) is 2.82. The lowest BCUT2D eigenvalue weighted by molar-refractivity contribution is 0.144. The highest BCUT2D eigenvalue weighted by molar-refractivity contribution is 5.59. The van der Waals surface area contributed by atoms with Gasteiger partial charge in [0.05, 0.1) is 0 Å². The van der Waals surface area contributed by atoms with Gasteiger partial charge in [-0.1, -0.05) is 42.5 Å². The largest absolute Gasteiger partial charge is 0.388 e. The van der Waals surface area contributed by atoms with Gasteiger partial charge >= 0.3 is 0 Å². The summed E-state index contributed by atoms with van der Waals surface area (Å²) in [5.41, 5.74) is 5.67. The maximum Gasteiger partial charge on any atom is 0.0496 e. The fourth-order valence-electron chi connectivity index (χ4n) is 4.03. The second-order valence-corrected chi connectivity index (χ2v) is 6.24. The van der Waals surface area contributed by atoms with Crippen LogP contribution in [-0.2, 0) is 0 Å². The summed E-state index contributed by atoms with van der Waals surface area (Å²) >= 11 is 0. The molecule has 2 aromatic carbocycles. The lowest BCUT2D eigenvalue weighted by Gasteiger charge is -2.45. The van der Waals surface area contributed by atoms with Crippen molar-refractivity contribution in [3.8, 4) is 0 Å². The van der Waals surface area contributed by atoms with Crippen LogP contribution >= 0.6 is 0 Å². The highest BCUT2D eigenvalue weighted by Crippen LogP contribution is 2.42. The molecule has 2 aliphatic heterocycles. The molecular formula is C19H23N3. The topological polar surface area (TPSA) is 27.3 Å². The van der Waals surface area contributed by atoms with Gasteiger partial charge in [-0.25, -0.2) is 0 Å². The van der Waals surface area contributed by atoms with E-state index in [9.17, 15) is 0 Å². The molecule has 2 atom stereocenters. The maximum atomic E-state index is 3.56. The minimum absolute atomic E-state index is 0.471. The Hall–Kier alpha value is -1.84. The summed E-state index contributed by atoms with van der Waals surface area (Å²) in [5.74, 6) is 0.471. The van der Waals surface area contributed by atoms with Gasteiger partial charge in [0.15, 0.2) is 0 Å². The average Bonchev–Trinajstić information content (AvgIpc) is 2.61. The van der Waals surface area contributed by atoms with E-state index in [0.717, 1.165) is 26.2 Å². The first-order valence-electron chi connectivity index (χ1n) is 8.18. The Labute approximate surface area is 132 Å². The number of hydrogen-bond donors (Lipinski definition) is 2. The number of piperazine rings is 1. The van der Waals surface area contributed by atoms with Crippen LogP contribution in [0.25, 0.3) is 0 Å². The summed E-state index contributed by atoms with van der Waals surface area (Å²) in [6.07, 6.45) is 0. The van der Waals surface area contributed by atoms with Crippen LogP contribution in [0.2, 0.25) is 0 Å². The van der Waals surface area contributed by atoms with Crippen molar-refractivity contribution in [3.05, 3.63) is 65.2 Å². The third-order valence-electron chi connectivity index (χ3n) is 5.09. The molecule has 0 unspecified atom stereocenters. The van der Waals surface area contributed by atoms with Gasteiger partial charge in [0.1, 0.15) is 0 Å². The van der Waals surface area contributed by atoms with E-state index in [2.05, 4.69) is 64.1 Å². The van der Waals surface area contributed by atoms with E-state index in [1.807, 2.05) is 7.05 Å². The van der Waals surface area contributed by atoms with E-state index in [1.54, 1.807) is 0 Å². The molecule has 0 aromatic heterocycles. The van der Waals surface area contributed by atoms with Crippen molar-refractivity contribution in [2.75, 3.05) is 38.5 Å². The van der Waals surface area contributed by atoms with Crippen LogP contribution in [0.3, 0.4) is 0 Å². The molecule has 0 bridgehead atoms. The number of fused-ring (bicyclic) bond motifs is 3. The average molecular weight is 293 g/mol. The van der Waals surface area contributed by atoms with E-state index < -0.39 is 0 Å². The highest BCUT2D eigenvalue weighted by atomic mass is 15.2. The summed E-state index contributed by atoms with van der Waals surface area (Å²) in [6, 6.07) is 18.1. The molecular weight excluding hydrogens is 270 g/mol. The van der Waals surface area contributed by atoms with Crippen LogP contribution in [0, 0.1) is 0 Å². The van der Waals surface area contributed by atoms with E-state index >= 15 is 0 Å². The second-order valence-electron chi connectivity index (χ2n) is 6.24. The Morgan fingerprint density at radius 2 is 1.95 bits per heavy atom. The molecule has 0 amide bonds. The van der Waals surface area contributed by atoms with E-state index in [1.165, 1.54) is 22.4 Å². The summed E-state index contributed by atoms with van der Waals surface area (Å²) < 4.78 is 0. The monoisotopic (exact) mass is 293 g/mol. The SMILES string of the molecule is CNc1cccc2c1[C@H]1CNCCN1C[C@H]2c1ccccc1. The van der Waals surface area contributed by atoms with Gasteiger partial charge in [0.25, 0.3) is 0 Å². The smallest absolute Gasteiger partial charge is 0.0496 e. The second kappa shape index (κ2) is 5.75. The molecule has 2 aromatic rings. The first-order valence-corrected chi connectivity index (χ1v) is 8.18. The lowest BCUT2D eigenvalue weighted by atomic mass is 9.80. The van der Waals surface area contributed by atoms with Gasteiger partial charge in [0.2, 0.25) is 0 Å². The summed E-state index contributed by atoms with van der Waals surface area (Å²) in [5, 5.41) is 6.97. The molecule has 1 saturated heterocycles. The number of anilines is 1. The van der Waals surface area contributed by atoms with Gasteiger partial charge in [-0.3, -0.25) is 4.90 Å². The highest BCUT2D eigenvalue weighted by Gasteiger charge is 2.36. The number of nitrogens with one attached hydrogen (secondary N) is 2. The Morgan fingerprint density at radius 3 is 2.77 bits per heavy atom. The third kappa shape index (κ3) is 2.21. The summed E-state index contributed by atoms with van der Waals surface area (Å²) in [6.45, 7) is 4.39. The Balaban J connectivity index is 1.86. The van der Waals surface area contributed by atoms with Gasteiger partial charge in [0, 0.05) is 50.9 Å². The van der Waals surface area contributed by atoms with Crippen molar-refractivity contribution in [3.63, 3.8) is 0 Å². The first kappa shape index (κ1) is 13.8. The van der Waals surface area contributed by atoms with E-state index in [4.69, 9.17) is 0 Å². The molecule has 2 aliphatic rings. The Morgan fingerprint density at radius 1 is 1.09 bits per heavy atom. The molecule has 0 saturated carbocycles. The molecule has 4 rings (SSSR count). The fourth-order valence-corrected chi connectivity index (χ4v) is 4.03. The minimum Gasteiger partial charge on any atom is -0.388 e. The molecule has 22 heavy (non-hydrogen) atoms. The van der Waals surface area contributed by atoms with Crippen LogP contribution in [0.5, 0.6) is 0 Å². The molecule has 0 spiro atoms. The molecule has 114 valence electrons. The number of hydrogen-bond acceptors (Lipinski definition) is 3. The quantitative estimate of drug-likeness (QED) is 0.891. The van der Waals surface area contributed by atoms with Crippen LogP contribution in [0.4, 0.5) is 5.69 Å². The van der Waals surface area contributed by atoms with Crippen molar-refractivity contribution >= 4 is 5.69 Å². The van der Waals surface area contributed by atoms with Gasteiger partial charge in [-0.2, -0.15) is 0 Å². The predicted molar refractivity (Wildman–Crippen MR) is 91.5 cm³/mol. The molecule has 2 heterocycles. The lowest BCUT2D eigenvalue weighted by Crippen LogP contribution is -2.50. The molecule has 3 heteroatoms. The maximum absolute atomic E-state index is 3.56. The Bertz CT molecular complexity index is 653. The summed E-state index contributed by atoms with van der Waals surface area (Å²) in [7, 11) is 2.03. The Kier molecular flexibility index (Phi) is 3.60. The normalized spacial score (nSPS) is 24.4. The van der Waals surface area contributed by atoms with Crippen LogP contribution in [-0.4, -0.2) is 38.1 Å². The third-order valence-corrected chi connectivity index (χ3v) is 5.09. The molecule has 2 N–H and O–H groups in total. The standard InChI is InChI=1S/C19H23N3/c1-20-17-9-5-8-15-16(14-6-3-2-4-7-14)13-22-11-10-21-12-18(22)19(15)17/h2-9,16,18,20-21H,10-13H2,1H3/t16-,18+/m0/s1. The number of benzene rings is 2. The van der Waals surface area contributed by atoms with Gasteiger partial charge < -0.3 is 10.6 Å². The van der Waals surface area contributed by atoms with Crippen LogP contribution < -0.4 is 10.6 Å². The van der Waals surface area contributed by atoms with Crippen molar-refractivity contribution < 1.29 is 0 Å². The van der Waals surface area contributed by atoms with Crippen LogP contribution in [0.15, 0.2) is 48.5 Å². The molecule has 0 aliphatic carbocycles. The van der Waals surface area contributed by atoms with Crippen molar-refractivity contribution in [2.24, 2.45) is 0 Å². The molecule has 1 fully saturated rings. The van der Waals surface area contributed by atoms with E-state index in [-0.39, 0.29) is 0 Å². The minimum atomic E-state index is 0.471. The molecule has 3 nitrogen and oxygen atoms in total. The zero-order valence-corrected chi connectivity index (χ0v) is 13.0. The van der Waals surface area contributed by atoms with Gasteiger partial charge in [-0.15, -0.1) is 0 Å². The first-order chi connectivity index (χ1) is 10.9. The van der Waals surface area contributed by atoms with Gasteiger partial charge in [-0.05, 0) is 22.8 Å².